The summed E-state index contributed by atoms with van der Waals surface area (Å²) in [7, 11) is 0. The maximum absolute atomic E-state index is 12.3. The van der Waals surface area contributed by atoms with Crippen LogP contribution < -0.4 is 5.32 Å². The van der Waals surface area contributed by atoms with Crippen LogP contribution in [0.1, 0.15) is 19.3 Å². The zero-order chi connectivity index (χ0) is 14.5. The number of thioether (sulfide) groups is 1. The van der Waals surface area contributed by atoms with Gasteiger partial charge in [0.05, 0.1) is 12.1 Å². The Balaban J connectivity index is 2.05. The van der Waals surface area contributed by atoms with E-state index >= 15 is 0 Å². The molecule has 0 bridgehead atoms. The fraction of sp³-hybridized carbons (Fsp3) is 0.429. The Morgan fingerprint density at radius 1 is 1.45 bits per heavy atom. The molecule has 2 amide bonds. The number of hydrogen-bond acceptors (Lipinski definition) is 3. The highest BCUT2D eigenvalue weighted by molar-refractivity contribution is 7.98. The number of carboxylic acids is 1. The number of benzene rings is 1. The fourth-order valence-corrected chi connectivity index (χ4v) is 3.01. The van der Waals surface area contributed by atoms with Crippen molar-refractivity contribution in [3.05, 3.63) is 24.3 Å². The molecular formula is C14H18N2O3S. The monoisotopic (exact) mass is 294 g/mol. The van der Waals surface area contributed by atoms with Crippen LogP contribution in [0.3, 0.4) is 0 Å². The Morgan fingerprint density at radius 2 is 2.20 bits per heavy atom. The van der Waals surface area contributed by atoms with Gasteiger partial charge in [-0.1, -0.05) is 12.1 Å². The van der Waals surface area contributed by atoms with E-state index in [-0.39, 0.29) is 18.5 Å². The van der Waals surface area contributed by atoms with E-state index in [4.69, 9.17) is 5.11 Å². The highest BCUT2D eigenvalue weighted by Gasteiger charge is 2.30. The number of amides is 2. The molecule has 1 fully saturated rings. The molecule has 2 rings (SSSR count). The molecule has 1 heterocycles. The van der Waals surface area contributed by atoms with Crippen LogP contribution in [0, 0.1) is 0 Å². The maximum Gasteiger partial charge on any atom is 0.322 e. The highest BCUT2D eigenvalue weighted by atomic mass is 32.2. The van der Waals surface area contributed by atoms with Gasteiger partial charge in [-0.05, 0) is 31.2 Å². The van der Waals surface area contributed by atoms with Gasteiger partial charge in [-0.2, -0.15) is 0 Å². The number of anilines is 1. The zero-order valence-corrected chi connectivity index (χ0v) is 12.2. The lowest BCUT2D eigenvalue weighted by Crippen LogP contribution is -2.39. The first-order valence-corrected chi connectivity index (χ1v) is 7.76. The van der Waals surface area contributed by atoms with Gasteiger partial charge in [-0.3, -0.25) is 4.79 Å². The van der Waals surface area contributed by atoms with Crippen LogP contribution in [-0.4, -0.2) is 40.8 Å². The van der Waals surface area contributed by atoms with Gasteiger partial charge >= 0.3 is 12.0 Å². The van der Waals surface area contributed by atoms with E-state index in [0.29, 0.717) is 6.54 Å². The molecule has 20 heavy (non-hydrogen) atoms. The van der Waals surface area contributed by atoms with Gasteiger partial charge in [0, 0.05) is 17.5 Å². The number of hydrogen-bond donors (Lipinski definition) is 2. The molecular weight excluding hydrogens is 276 g/mol. The van der Waals surface area contributed by atoms with Gasteiger partial charge in [0.15, 0.2) is 0 Å². The van der Waals surface area contributed by atoms with Gasteiger partial charge in [0.25, 0.3) is 0 Å². The summed E-state index contributed by atoms with van der Waals surface area (Å²) in [5, 5.41) is 11.8. The van der Waals surface area contributed by atoms with E-state index in [1.165, 1.54) is 0 Å². The van der Waals surface area contributed by atoms with E-state index in [1.54, 1.807) is 16.7 Å². The standard InChI is InChI=1S/C14H18N2O3S/c1-20-12-7-3-2-6-11(12)15-14(19)16-8-4-5-10(16)9-13(17)18/h2-3,6-7,10H,4-5,8-9H2,1H3,(H,15,19)(H,17,18). The van der Waals surface area contributed by atoms with Gasteiger partial charge in [-0.15, -0.1) is 11.8 Å². The van der Waals surface area contributed by atoms with Crippen molar-refractivity contribution in [1.29, 1.82) is 0 Å². The van der Waals surface area contributed by atoms with Crippen LogP contribution in [0.25, 0.3) is 0 Å². The number of likely N-dealkylation sites (tertiary alicyclic amines) is 1. The van der Waals surface area contributed by atoms with Crippen molar-refractivity contribution >= 4 is 29.4 Å². The van der Waals surface area contributed by atoms with Crippen LogP contribution >= 0.6 is 11.8 Å². The number of urea groups is 1. The molecule has 2 N–H and O–H groups in total. The third-order valence-corrected chi connectivity index (χ3v) is 4.19. The summed E-state index contributed by atoms with van der Waals surface area (Å²) in [5.41, 5.74) is 0.769. The zero-order valence-electron chi connectivity index (χ0n) is 11.3. The van der Waals surface area contributed by atoms with E-state index in [1.807, 2.05) is 30.5 Å². The van der Waals surface area contributed by atoms with E-state index in [2.05, 4.69) is 5.32 Å². The minimum absolute atomic E-state index is 0.0115. The van der Waals surface area contributed by atoms with E-state index in [0.717, 1.165) is 23.4 Å². The summed E-state index contributed by atoms with van der Waals surface area (Å²) in [5.74, 6) is -0.862. The summed E-state index contributed by atoms with van der Waals surface area (Å²) in [6.45, 7) is 0.616. The molecule has 1 atom stereocenters. The fourth-order valence-electron chi connectivity index (χ4n) is 2.45. The predicted octanol–water partition coefficient (Wildman–Crippen LogP) is 2.88. The number of rotatable bonds is 4. The molecule has 1 aromatic rings. The minimum Gasteiger partial charge on any atom is -0.481 e. The number of para-hydroxylation sites is 1. The first kappa shape index (κ1) is 14.7. The van der Waals surface area contributed by atoms with Crippen LogP contribution in [0.15, 0.2) is 29.2 Å². The lowest BCUT2D eigenvalue weighted by molar-refractivity contribution is -0.137. The van der Waals surface area contributed by atoms with Crippen LogP contribution in [0.4, 0.5) is 10.5 Å². The third kappa shape index (κ3) is 3.45. The van der Waals surface area contributed by atoms with Crippen molar-refractivity contribution < 1.29 is 14.7 Å². The van der Waals surface area contributed by atoms with Crippen molar-refractivity contribution in [2.24, 2.45) is 0 Å². The molecule has 0 saturated carbocycles. The van der Waals surface area contributed by atoms with Gasteiger partial charge in [0.2, 0.25) is 0 Å². The largest absolute Gasteiger partial charge is 0.481 e. The lowest BCUT2D eigenvalue weighted by Gasteiger charge is -2.24. The quantitative estimate of drug-likeness (QED) is 0.838. The highest BCUT2D eigenvalue weighted by Crippen LogP contribution is 2.26. The van der Waals surface area contributed by atoms with Crippen molar-refractivity contribution in [3.8, 4) is 0 Å². The summed E-state index contributed by atoms with van der Waals surface area (Å²) < 4.78 is 0. The summed E-state index contributed by atoms with van der Waals surface area (Å²) in [6, 6.07) is 7.17. The smallest absolute Gasteiger partial charge is 0.322 e. The second kappa shape index (κ2) is 6.65. The van der Waals surface area contributed by atoms with Crippen LogP contribution in [0.5, 0.6) is 0 Å². The first-order chi connectivity index (χ1) is 9.61. The summed E-state index contributed by atoms with van der Waals surface area (Å²) >= 11 is 1.56. The molecule has 6 heteroatoms. The van der Waals surface area contributed by atoms with Gasteiger partial charge < -0.3 is 15.3 Å². The molecule has 108 valence electrons. The average Bonchev–Trinajstić information content (AvgIpc) is 2.86. The molecule has 1 aliphatic heterocycles. The van der Waals surface area contributed by atoms with E-state index in [9.17, 15) is 9.59 Å². The predicted molar refractivity (Wildman–Crippen MR) is 79.2 cm³/mol. The Kier molecular flexibility index (Phi) is 4.89. The van der Waals surface area contributed by atoms with Crippen molar-refractivity contribution in [2.45, 2.75) is 30.2 Å². The van der Waals surface area contributed by atoms with Crippen molar-refractivity contribution in [3.63, 3.8) is 0 Å². The number of nitrogens with zero attached hydrogens (tertiary/aromatic N) is 1. The Morgan fingerprint density at radius 3 is 2.90 bits per heavy atom. The number of carboxylic acid groups (broad SMARTS) is 1. The Labute approximate surface area is 122 Å². The summed E-state index contributed by atoms with van der Waals surface area (Å²) in [4.78, 5) is 25.7. The van der Waals surface area contributed by atoms with Crippen molar-refractivity contribution in [2.75, 3.05) is 18.1 Å². The summed E-state index contributed by atoms with van der Waals surface area (Å²) in [6.07, 6.45) is 3.57. The second-order valence-electron chi connectivity index (χ2n) is 4.72. The van der Waals surface area contributed by atoms with Gasteiger partial charge in [-0.25, -0.2) is 4.79 Å². The topological polar surface area (TPSA) is 69.6 Å². The van der Waals surface area contributed by atoms with Crippen molar-refractivity contribution in [1.82, 2.24) is 4.90 Å². The number of nitrogens with one attached hydrogen (secondary N) is 1. The molecule has 1 saturated heterocycles. The molecule has 5 nitrogen and oxygen atoms in total. The molecule has 1 unspecified atom stereocenters. The normalized spacial score (nSPS) is 18.1. The number of carbonyl (C=O) groups excluding carboxylic acids is 1. The molecule has 1 aromatic carbocycles. The Bertz CT molecular complexity index is 507. The molecule has 0 spiro atoms. The SMILES string of the molecule is CSc1ccccc1NC(=O)N1CCCC1CC(=O)O. The number of aliphatic carboxylic acids is 1. The third-order valence-electron chi connectivity index (χ3n) is 3.40. The molecule has 0 aliphatic carbocycles. The molecule has 1 aliphatic rings. The minimum atomic E-state index is -0.862. The number of carbonyl (C=O) groups is 2. The average molecular weight is 294 g/mol. The first-order valence-electron chi connectivity index (χ1n) is 6.54. The van der Waals surface area contributed by atoms with Crippen LogP contribution in [-0.2, 0) is 4.79 Å². The molecule has 0 radical (unpaired) electrons. The Hall–Kier alpha value is -1.69. The second-order valence-corrected chi connectivity index (χ2v) is 5.57. The lowest BCUT2D eigenvalue weighted by atomic mass is 10.1. The molecule has 0 aromatic heterocycles. The maximum atomic E-state index is 12.3. The van der Waals surface area contributed by atoms with Crippen LogP contribution in [0.2, 0.25) is 0 Å². The van der Waals surface area contributed by atoms with E-state index < -0.39 is 5.97 Å². The van der Waals surface area contributed by atoms with Gasteiger partial charge in [0.1, 0.15) is 0 Å².